The quantitative estimate of drug-likeness (QED) is 0.693. The summed E-state index contributed by atoms with van der Waals surface area (Å²) in [5.41, 5.74) is 1.68. The first kappa shape index (κ1) is 14.0. The second kappa shape index (κ2) is 6.59. The first-order chi connectivity index (χ1) is 8.10. The summed E-state index contributed by atoms with van der Waals surface area (Å²) in [5, 5.41) is 22.7. The Morgan fingerprint density at radius 3 is 2.65 bits per heavy atom. The second-order valence-corrected chi connectivity index (χ2v) is 4.13. The first-order valence-corrected chi connectivity index (χ1v) is 5.75. The Labute approximate surface area is 102 Å². The molecule has 0 bridgehead atoms. The number of aryl methyl sites for hydroxylation is 1. The first-order valence-electron chi connectivity index (χ1n) is 5.75. The lowest BCUT2D eigenvalue weighted by atomic mass is 10.0. The largest absolute Gasteiger partial charge is 0.496 e. The topological polar surface area (TPSA) is 61.7 Å². The zero-order valence-corrected chi connectivity index (χ0v) is 10.6. The molecule has 96 valence electrons. The summed E-state index contributed by atoms with van der Waals surface area (Å²) < 4.78 is 5.19. The van der Waals surface area contributed by atoms with Crippen LogP contribution in [0, 0.1) is 6.92 Å². The third-order valence-corrected chi connectivity index (χ3v) is 2.83. The van der Waals surface area contributed by atoms with Gasteiger partial charge in [0.1, 0.15) is 11.9 Å². The van der Waals surface area contributed by atoms with Crippen molar-refractivity contribution in [1.29, 1.82) is 0 Å². The minimum atomic E-state index is -0.877. The van der Waals surface area contributed by atoms with Gasteiger partial charge in [-0.25, -0.2) is 0 Å². The highest BCUT2D eigenvalue weighted by Gasteiger charge is 2.18. The van der Waals surface area contributed by atoms with Gasteiger partial charge < -0.3 is 20.3 Å². The van der Waals surface area contributed by atoms with Crippen molar-refractivity contribution in [3.8, 4) is 5.75 Å². The molecule has 1 rings (SSSR count). The maximum Gasteiger partial charge on any atom is 0.122 e. The zero-order valence-electron chi connectivity index (χ0n) is 10.6. The lowest BCUT2D eigenvalue weighted by Crippen LogP contribution is -2.23. The number of hydrogen-bond acceptors (Lipinski definition) is 4. The zero-order chi connectivity index (χ0) is 12.8. The number of aliphatic hydroxyl groups is 2. The van der Waals surface area contributed by atoms with Gasteiger partial charge >= 0.3 is 0 Å². The van der Waals surface area contributed by atoms with Crippen LogP contribution < -0.4 is 10.1 Å². The molecule has 0 heterocycles. The molecule has 0 aliphatic carbocycles. The molecule has 0 fully saturated rings. The summed E-state index contributed by atoms with van der Waals surface area (Å²) in [6, 6.07) is 5.45. The van der Waals surface area contributed by atoms with Gasteiger partial charge in [0.25, 0.3) is 0 Å². The highest BCUT2D eigenvalue weighted by Crippen LogP contribution is 2.25. The number of aliphatic hydroxyl groups excluding tert-OH is 2. The molecule has 1 aromatic carbocycles. The van der Waals surface area contributed by atoms with E-state index in [0.717, 1.165) is 11.3 Å². The van der Waals surface area contributed by atoms with Crippen LogP contribution in [-0.4, -0.2) is 37.0 Å². The van der Waals surface area contributed by atoms with Crippen LogP contribution in [0.3, 0.4) is 0 Å². The van der Waals surface area contributed by atoms with Crippen LogP contribution in [0.25, 0.3) is 0 Å². The average molecular weight is 239 g/mol. The van der Waals surface area contributed by atoms with Crippen LogP contribution >= 0.6 is 0 Å². The number of rotatable bonds is 6. The Kier molecular flexibility index (Phi) is 5.41. The number of hydrogen-bond donors (Lipinski definition) is 3. The van der Waals surface area contributed by atoms with Crippen molar-refractivity contribution in [3.05, 3.63) is 29.3 Å². The number of benzene rings is 1. The fraction of sp³-hybridized carbons (Fsp3) is 0.538. The fourth-order valence-electron chi connectivity index (χ4n) is 1.69. The monoisotopic (exact) mass is 239 g/mol. The van der Waals surface area contributed by atoms with Crippen LogP contribution in [0.1, 0.15) is 23.7 Å². The molecule has 4 heteroatoms. The van der Waals surface area contributed by atoms with Crippen molar-refractivity contribution in [2.45, 2.75) is 25.6 Å². The highest BCUT2D eigenvalue weighted by atomic mass is 16.5. The predicted molar refractivity (Wildman–Crippen MR) is 67.2 cm³/mol. The van der Waals surface area contributed by atoms with Crippen LogP contribution in [-0.2, 0) is 0 Å². The van der Waals surface area contributed by atoms with Crippen LogP contribution in [0.4, 0.5) is 0 Å². The third kappa shape index (κ3) is 3.70. The highest BCUT2D eigenvalue weighted by molar-refractivity contribution is 5.37. The van der Waals surface area contributed by atoms with Crippen molar-refractivity contribution in [2.75, 3.05) is 20.7 Å². The standard InChI is InChI=1S/C13H21NO3/c1-9-4-5-10(8-12(9)17-3)13(16)11(15)6-7-14-2/h4-5,8,11,13-16H,6-7H2,1-3H3. The SMILES string of the molecule is CNCCC(O)C(O)c1ccc(C)c(OC)c1. The molecule has 0 aliphatic heterocycles. The maximum absolute atomic E-state index is 9.99. The molecule has 0 aliphatic rings. The fourth-order valence-corrected chi connectivity index (χ4v) is 1.69. The average Bonchev–Trinajstić information content (AvgIpc) is 2.35. The Balaban J connectivity index is 2.77. The normalized spacial score (nSPS) is 14.4. The molecule has 1 aromatic rings. The van der Waals surface area contributed by atoms with Gasteiger partial charge in [-0.3, -0.25) is 0 Å². The summed E-state index contributed by atoms with van der Waals surface area (Å²) in [7, 11) is 3.41. The number of nitrogens with one attached hydrogen (secondary N) is 1. The van der Waals surface area contributed by atoms with E-state index >= 15 is 0 Å². The summed E-state index contributed by atoms with van der Waals surface area (Å²) in [5.74, 6) is 0.724. The molecular formula is C13H21NO3. The van der Waals surface area contributed by atoms with E-state index < -0.39 is 12.2 Å². The minimum absolute atomic E-state index is 0.508. The molecule has 4 nitrogen and oxygen atoms in total. The van der Waals surface area contributed by atoms with E-state index in [1.807, 2.05) is 26.1 Å². The molecule has 0 saturated carbocycles. The van der Waals surface area contributed by atoms with Crippen molar-refractivity contribution in [3.63, 3.8) is 0 Å². The smallest absolute Gasteiger partial charge is 0.122 e. The minimum Gasteiger partial charge on any atom is -0.496 e. The van der Waals surface area contributed by atoms with Crippen LogP contribution in [0.5, 0.6) is 5.75 Å². The van der Waals surface area contributed by atoms with Gasteiger partial charge in [0, 0.05) is 0 Å². The van der Waals surface area contributed by atoms with Crippen molar-refractivity contribution in [2.24, 2.45) is 0 Å². The van der Waals surface area contributed by atoms with Gasteiger partial charge in [0.2, 0.25) is 0 Å². The molecule has 0 aromatic heterocycles. The maximum atomic E-state index is 9.99. The van der Waals surface area contributed by atoms with Crippen LogP contribution in [0.15, 0.2) is 18.2 Å². The van der Waals surface area contributed by atoms with Gasteiger partial charge in [-0.05, 0) is 44.1 Å². The van der Waals surface area contributed by atoms with Crippen molar-refractivity contribution >= 4 is 0 Å². The van der Waals surface area contributed by atoms with E-state index in [9.17, 15) is 10.2 Å². The summed E-state index contributed by atoms with van der Waals surface area (Å²) in [6.07, 6.45) is -1.14. The van der Waals surface area contributed by atoms with Crippen molar-refractivity contribution in [1.82, 2.24) is 5.32 Å². The lowest BCUT2D eigenvalue weighted by molar-refractivity contribution is 0.0139. The number of methoxy groups -OCH3 is 1. The Morgan fingerprint density at radius 2 is 2.06 bits per heavy atom. The molecule has 0 saturated heterocycles. The molecule has 0 radical (unpaired) electrons. The van der Waals surface area contributed by atoms with E-state index in [0.29, 0.717) is 18.5 Å². The molecule has 2 unspecified atom stereocenters. The van der Waals surface area contributed by atoms with E-state index in [-0.39, 0.29) is 0 Å². The van der Waals surface area contributed by atoms with Gasteiger partial charge in [-0.15, -0.1) is 0 Å². The molecule has 0 spiro atoms. The molecule has 3 N–H and O–H groups in total. The van der Waals surface area contributed by atoms with E-state index in [1.165, 1.54) is 0 Å². The summed E-state index contributed by atoms with van der Waals surface area (Å²) in [4.78, 5) is 0. The predicted octanol–water partition coefficient (Wildman–Crippen LogP) is 1.01. The Hall–Kier alpha value is -1.10. The molecule has 17 heavy (non-hydrogen) atoms. The van der Waals surface area contributed by atoms with Gasteiger partial charge in [-0.1, -0.05) is 12.1 Å². The number of ether oxygens (including phenoxy) is 1. The molecule has 0 amide bonds. The van der Waals surface area contributed by atoms with Crippen LogP contribution in [0.2, 0.25) is 0 Å². The lowest BCUT2D eigenvalue weighted by Gasteiger charge is -2.19. The third-order valence-electron chi connectivity index (χ3n) is 2.83. The van der Waals surface area contributed by atoms with Crippen molar-refractivity contribution < 1.29 is 14.9 Å². The second-order valence-electron chi connectivity index (χ2n) is 4.13. The van der Waals surface area contributed by atoms with E-state index in [4.69, 9.17) is 4.74 Å². The van der Waals surface area contributed by atoms with E-state index in [2.05, 4.69) is 5.32 Å². The van der Waals surface area contributed by atoms with Gasteiger partial charge in [0.15, 0.2) is 0 Å². The van der Waals surface area contributed by atoms with Gasteiger partial charge in [0.05, 0.1) is 13.2 Å². The summed E-state index contributed by atoms with van der Waals surface area (Å²) in [6.45, 7) is 2.60. The van der Waals surface area contributed by atoms with E-state index in [1.54, 1.807) is 13.2 Å². The molecular weight excluding hydrogens is 218 g/mol. The summed E-state index contributed by atoms with van der Waals surface area (Å²) >= 11 is 0. The molecule has 2 atom stereocenters. The Bertz CT molecular complexity index is 355. The Morgan fingerprint density at radius 1 is 1.35 bits per heavy atom. The van der Waals surface area contributed by atoms with Gasteiger partial charge in [-0.2, -0.15) is 0 Å².